The Morgan fingerprint density at radius 2 is 1.88 bits per heavy atom. The molecule has 3 N–H and O–H groups in total. The minimum Gasteiger partial charge on any atom is -0.478 e. The molecule has 1 aliphatic heterocycles. The van der Waals surface area contributed by atoms with Gasteiger partial charge in [0.15, 0.2) is 6.17 Å². The van der Waals surface area contributed by atoms with E-state index in [0.29, 0.717) is 5.69 Å². The van der Waals surface area contributed by atoms with Crippen molar-refractivity contribution in [1.82, 2.24) is 0 Å². The summed E-state index contributed by atoms with van der Waals surface area (Å²) in [5.74, 6) is -1.18. The van der Waals surface area contributed by atoms with Crippen LogP contribution in [0.15, 0.2) is 18.2 Å². The number of fused-ring (bicyclic) bond motifs is 1. The summed E-state index contributed by atoms with van der Waals surface area (Å²) in [6.45, 7) is 0. The van der Waals surface area contributed by atoms with Gasteiger partial charge in [0.2, 0.25) is 0 Å². The first kappa shape index (κ1) is 10.6. The van der Waals surface area contributed by atoms with Crippen LogP contribution in [0.25, 0.3) is 0 Å². The molecule has 1 aromatic rings. The van der Waals surface area contributed by atoms with E-state index >= 15 is 0 Å². The molecule has 1 aromatic carbocycles. The number of rotatable bonds is 1. The van der Waals surface area contributed by atoms with Crippen LogP contribution in [0.4, 0.5) is 24.5 Å². The molecule has 1 unspecified atom stereocenters. The minimum atomic E-state index is -4.43. The van der Waals surface area contributed by atoms with Gasteiger partial charge in [0.25, 0.3) is 0 Å². The first-order valence-corrected chi connectivity index (χ1v) is 4.35. The number of carboxylic acids is 1. The van der Waals surface area contributed by atoms with Gasteiger partial charge in [0.05, 0.1) is 16.9 Å². The van der Waals surface area contributed by atoms with Gasteiger partial charge in [-0.2, -0.15) is 13.2 Å². The standard InChI is InChI=1S/C9H7F3N2O2/c10-9(11,12)4-1-2-5-6(3-4)14-7(13-5)8(15)16/h1-3,7,13-14H,(H,15,16). The third-order valence-electron chi connectivity index (χ3n) is 2.19. The fraction of sp³-hybridized carbons (Fsp3) is 0.222. The van der Waals surface area contributed by atoms with E-state index < -0.39 is 23.9 Å². The molecule has 4 nitrogen and oxygen atoms in total. The summed E-state index contributed by atoms with van der Waals surface area (Å²) in [7, 11) is 0. The van der Waals surface area contributed by atoms with E-state index in [1.807, 2.05) is 0 Å². The summed E-state index contributed by atoms with van der Waals surface area (Å²) in [4.78, 5) is 10.6. The van der Waals surface area contributed by atoms with Gasteiger partial charge in [0, 0.05) is 0 Å². The van der Waals surface area contributed by atoms with E-state index in [1.54, 1.807) is 0 Å². The number of benzene rings is 1. The van der Waals surface area contributed by atoms with Crippen molar-refractivity contribution in [3.05, 3.63) is 23.8 Å². The highest BCUT2D eigenvalue weighted by molar-refractivity contribution is 5.88. The Labute approximate surface area is 88.1 Å². The first-order valence-electron chi connectivity index (χ1n) is 4.35. The van der Waals surface area contributed by atoms with Crippen molar-refractivity contribution in [1.29, 1.82) is 0 Å². The van der Waals surface area contributed by atoms with Crippen molar-refractivity contribution in [2.24, 2.45) is 0 Å². The second-order valence-corrected chi connectivity index (χ2v) is 3.32. The lowest BCUT2D eigenvalue weighted by Gasteiger charge is -2.07. The normalized spacial score (nSPS) is 18.6. The molecule has 7 heteroatoms. The topological polar surface area (TPSA) is 61.4 Å². The SMILES string of the molecule is O=C(O)C1Nc2ccc(C(F)(F)F)cc2N1. The van der Waals surface area contributed by atoms with Crippen LogP contribution in [0.1, 0.15) is 5.56 Å². The minimum absolute atomic E-state index is 0.141. The van der Waals surface area contributed by atoms with Crippen LogP contribution < -0.4 is 10.6 Å². The molecule has 0 bridgehead atoms. The Morgan fingerprint density at radius 1 is 1.25 bits per heavy atom. The van der Waals surface area contributed by atoms with Crippen molar-refractivity contribution >= 4 is 17.3 Å². The lowest BCUT2D eigenvalue weighted by molar-refractivity contribution is -0.138. The number of anilines is 2. The van der Waals surface area contributed by atoms with E-state index in [4.69, 9.17) is 5.11 Å². The van der Waals surface area contributed by atoms with E-state index in [1.165, 1.54) is 6.07 Å². The van der Waals surface area contributed by atoms with Gasteiger partial charge in [0.1, 0.15) is 0 Å². The summed E-state index contributed by atoms with van der Waals surface area (Å²) in [6, 6.07) is 2.98. The molecule has 16 heavy (non-hydrogen) atoms. The summed E-state index contributed by atoms with van der Waals surface area (Å²) >= 11 is 0. The molecule has 0 spiro atoms. The maximum absolute atomic E-state index is 12.3. The number of hydrogen-bond donors (Lipinski definition) is 3. The second-order valence-electron chi connectivity index (χ2n) is 3.32. The Hall–Kier alpha value is -1.92. The number of alkyl halides is 3. The third-order valence-corrected chi connectivity index (χ3v) is 2.19. The summed E-state index contributed by atoms with van der Waals surface area (Å²) in [5, 5.41) is 13.6. The van der Waals surface area contributed by atoms with E-state index in [9.17, 15) is 18.0 Å². The highest BCUT2D eigenvalue weighted by Gasteiger charge is 2.33. The van der Waals surface area contributed by atoms with Crippen LogP contribution in [0.3, 0.4) is 0 Å². The number of aliphatic carboxylic acids is 1. The Kier molecular flexibility index (Phi) is 2.18. The van der Waals surface area contributed by atoms with Crippen molar-refractivity contribution in [3.63, 3.8) is 0 Å². The lowest BCUT2D eigenvalue weighted by Crippen LogP contribution is -2.31. The average molecular weight is 232 g/mol. The fourth-order valence-electron chi connectivity index (χ4n) is 1.44. The number of nitrogens with one attached hydrogen (secondary N) is 2. The Bertz CT molecular complexity index is 445. The largest absolute Gasteiger partial charge is 0.478 e. The molecule has 0 saturated carbocycles. The highest BCUT2D eigenvalue weighted by atomic mass is 19.4. The number of hydrogen-bond acceptors (Lipinski definition) is 3. The first-order chi connectivity index (χ1) is 7.38. The average Bonchev–Trinajstić information content (AvgIpc) is 2.58. The van der Waals surface area contributed by atoms with Gasteiger partial charge >= 0.3 is 12.1 Å². The van der Waals surface area contributed by atoms with Crippen LogP contribution in [0, 0.1) is 0 Å². The van der Waals surface area contributed by atoms with Gasteiger partial charge in [-0.15, -0.1) is 0 Å². The predicted molar refractivity (Wildman–Crippen MR) is 50.1 cm³/mol. The van der Waals surface area contributed by atoms with Crippen LogP contribution in [-0.2, 0) is 11.0 Å². The zero-order valence-corrected chi connectivity index (χ0v) is 7.80. The highest BCUT2D eigenvalue weighted by Crippen LogP contribution is 2.36. The third kappa shape index (κ3) is 1.75. The molecular formula is C9H7F3N2O2. The molecule has 1 aliphatic rings. The quantitative estimate of drug-likeness (QED) is 0.692. The molecule has 1 atom stereocenters. The number of carboxylic acid groups (broad SMARTS) is 1. The van der Waals surface area contributed by atoms with E-state index in [2.05, 4.69) is 10.6 Å². The molecular weight excluding hydrogens is 225 g/mol. The van der Waals surface area contributed by atoms with Crippen molar-refractivity contribution < 1.29 is 23.1 Å². The molecule has 0 aliphatic carbocycles. The zero-order valence-electron chi connectivity index (χ0n) is 7.80. The summed E-state index contributed by atoms with van der Waals surface area (Å²) in [6.07, 6.45) is -5.52. The number of carbonyl (C=O) groups is 1. The van der Waals surface area contributed by atoms with Gasteiger partial charge in [-0.05, 0) is 18.2 Å². The Morgan fingerprint density at radius 3 is 2.44 bits per heavy atom. The fourth-order valence-corrected chi connectivity index (χ4v) is 1.44. The molecule has 0 saturated heterocycles. The van der Waals surface area contributed by atoms with Gasteiger partial charge in [-0.1, -0.05) is 0 Å². The van der Waals surface area contributed by atoms with Crippen molar-refractivity contribution in [2.75, 3.05) is 10.6 Å². The monoisotopic (exact) mass is 232 g/mol. The van der Waals surface area contributed by atoms with E-state index in [-0.39, 0.29) is 5.69 Å². The molecule has 0 fully saturated rings. The molecule has 0 amide bonds. The summed E-state index contributed by atoms with van der Waals surface area (Å²) in [5.41, 5.74) is -0.325. The maximum Gasteiger partial charge on any atom is 0.416 e. The molecule has 0 radical (unpaired) electrons. The van der Waals surface area contributed by atoms with E-state index in [0.717, 1.165) is 12.1 Å². The zero-order chi connectivity index (χ0) is 11.9. The molecule has 0 aromatic heterocycles. The van der Waals surface area contributed by atoms with Gasteiger partial charge in [-0.3, -0.25) is 0 Å². The molecule has 86 valence electrons. The molecule has 1 heterocycles. The van der Waals surface area contributed by atoms with Crippen molar-refractivity contribution in [2.45, 2.75) is 12.3 Å². The second kappa shape index (κ2) is 3.29. The van der Waals surface area contributed by atoms with Crippen LogP contribution in [0.5, 0.6) is 0 Å². The van der Waals surface area contributed by atoms with Crippen molar-refractivity contribution in [3.8, 4) is 0 Å². The van der Waals surface area contributed by atoms with Crippen LogP contribution in [0.2, 0.25) is 0 Å². The smallest absolute Gasteiger partial charge is 0.416 e. The van der Waals surface area contributed by atoms with Gasteiger partial charge in [-0.25, -0.2) is 4.79 Å². The van der Waals surface area contributed by atoms with Crippen LogP contribution in [-0.4, -0.2) is 17.2 Å². The lowest BCUT2D eigenvalue weighted by atomic mass is 10.2. The molecule has 2 rings (SSSR count). The van der Waals surface area contributed by atoms with Gasteiger partial charge < -0.3 is 15.7 Å². The summed E-state index contributed by atoms with van der Waals surface area (Å²) < 4.78 is 37.0. The van der Waals surface area contributed by atoms with Crippen LogP contribution >= 0.6 is 0 Å². The number of halogens is 3. The predicted octanol–water partition coefficient (Wildman–Crippen LogP) is 1.95. The Balaban J connectivity index is 2.31. The maximum atomic E-state index is 12.3.